The Morgan fingerprint density at radius 2 is 1.76 bits per heavy atom. The minimum atomic E-state index is -0.871. The molecule has 1 aromatic heterocycles. The molecule has 1 fully saturated rings. The predicted molar refractivity (Wildman–Crippen MR) is 137 cm³/mol. The molecule has 3 aromatic rings. The smallest absolute Gasteiger partial charge is 0.337 e. The average Bonchev–Trinajstić information content (AvgIpc) is 3.18. The molecule has 0 radical (unpaired) electrons. The Labute approximate surface area is 215 Å². The average molecular weight is 501 g/mol. The maximum absolute atomic E-state index is 13.3. The van der Waals surface area contributed by atoms with Crippen LogP contribution in [0, 0.1) is 0 Å². The van der Waals surface area contributed by atoms with Crippen molar-refractivity contribution in [3.63, 3.8) is 0 Å². The zero-order valence-electron chi connectivity index (χ0n) is 20.7. The highest BCUT2D eigenvalue weighted by Crippen LogP contribution is 2.40. The van der Waals surface area contributed by atoms with Crippen molar-refractivity contribution in [1.29, 1.82) is 0 Å². The number of benzene rings is 2. The number of aromatic nitrogens is 1. The predicted octanol–water partition coefficient (Wildman–Crippen LogP) is 4.67. The summed E-state index contributed by atoms with van der Waals surface area (Å²) in [5, 5.41) is 11.3. The van der Waals surface area contributed by atoms with Crippen LogP contribution in [0.15, 0.2) is 78.6 Å². The minimum absolute atomic E-state index is 0.0319. The number of hydrogen-bond acceptors (Lipinski definition) is 7. The number of aliphatic hydroxyl groups is 1. The van der Waals surface area contributed by atoms with Crippen LogP contribution in [-0.4, -0.2) is 46.4 Å². The van der Waals surface area contributed by atoms with Crippen molar-refractivity contribution < 1.29 is 29.0 Å². The second kappa shape index (κ2) is 11.5. The van der Waals surface area contributed by atoms with Crippen LogP contribution in [0.4, 0.5) is 0 Å². The van der Waals surface area contributed by atoms with Crippen LogP contribution in [0.5, 0.6) is 5.75 Å². The molecule has 1 aliphatic heterocycles. The molecule has 4 rings (SSSR count). The number of methoxy groups -OCH3 is 1. The second-order valence-electron chi connectivity index (χ2n) is 8.63. The minimum Gasteiger partial charge on any atom is -0.507 e. The number of hydrogen-bond donors (Lipinski definition) is 1. The van der Waals surface area contributed by atoms with Gasteiger partial charge in [0.05, 0.1) is 30.9 Å². The number of ketones is 1. The van der Waals surface area contributed by atoms with E-state index >= 15 is 0 Å². The standard InChI is InChI=1S/C29H28N2O6/c1-3-4-16-37-23-7-5-6-22(17-23)26(32)24-25(20-8-10-21(11-9-20)29(35)36-2)31(28(34)27(24)33)18-19-12-14-30-15-13-19/h5-15,17,25,32H,3-4,16,18H2,1-2H3. The van der Waals surface area contributed by atoms with Crippen molar-refractivity contribution in [3.05, 3.63) is 101 Å². The first-order valence-electron chi connectivity index (χ1n) is 12.0. The van der Waals surface area contributed by atoms with E-state index in [4.69, 9.17) is 9.47 Å². The molecule has 0 bridgehead atoms. The van der Waals surface area contributed by atoms with Crippen molar-refractivity contribution in [1.82, 2.24) is 9.88 Å². The molecule has 0 aliphatic carbocycles. The maximum Gasteiger partial charge on any atom is 0.337 e. The zero-order valence-corrected chi connectivity index (χ0v) is 20.7. The summed E-state index contributed by atoms with van der Waals surface area (Å²) in [4.78, 5) is 43.9. The molecule has 2 aromatic carbocycles. The Morgan fingerprint density at radius 3 is 2.43 bits per heavy atom. The first-order chi connectivity index (χ1) is 17.9. The van der Waals surface area contributed by atoms with Crippen LogP contribution >= 0.6 is 0 Å². The summed E-state index contributed by atoms with van der Waals surface area (Å²) in [5.74, 6) is -1.75. The van der Waals surface area contributed by atoms with Crippen LogP contribution in [0.2, 0.25) is 0 Å². The van der Waals surface area contributed by atoms with E-state index in [9.17, 15) is 19.5 Å². The van der Waals surface area contributed by atoms with Crippen molar-refractivity contribution in [2.75, 3.05) is 13.7 Å². The third-order valence-corrected chi connectivity index (χ3v) is 6.16. The lowest BCUT2D eigenvalue weighted by Crippen LogP contribution is -2.29. The number of pyridine rings is 1. The monoisotopic (exact) mass is 500 g/mol. The summed E-state index contributed by atoms with van der Waals surface area (Å²) in [7, 11) is 1.29. The molecule has 1 atom stereocenters. The highest BCUT2D eigenvalue weighted by atomic mass is 16.5. The van der Waals surface area contributed by atoms with Gasteiger partial charge in [0.25, 0.3) is 11.7 Å². The molecule has 0 spiro atoms. The van der Waals surface area contributed by atoms with Gasteiger partial charge in [0, 0.05) is 24.5 Å². The summed E-state index contributed by atoms with van der Waals surface area (Å²) in [6.07, 6.45) is 5.08. The molecule has 1 aliphatic rings. The lowest BCUT2D eigenvalue weighted by Gasteiger charge is -2.25. The van der Waals surface area contributed by atoms with Gasteiger partial charge in [-0.1, -0.05) is 37.6 Å². The molecule has 0 saturated carbocycles. The summed E-state index contributed by atoms with van der Waals surface area (Å²) in [6, 6.07) is 15.9. The van der Waals surface area contributed by atoms with Gasteiger partial charge in [-0.2, -0.15) is 0 Å². The number of carbonyl (C=O) groups is 3. The van der Waals surface area contributed by atoms with Gasteiger partial charge in [-0.25, -0.2) is 4.79 Å². The fourth-order valence-electron chi connectivity index (χ4n) is 4.22. The Morgan fingerprint density at radius 1 is 1.03 bits per heavy atom. The Kier molecular flexibility index (Phi) is 7.98. The van der Waals surface area contributed by atoms with E-state index in [1.54, 1.807) is 73.1 Å². The topological polar surface area (TPSA) is 106 Å². The van der Waals surface area contributed by atoms with Crippen LogP contribution in [0.3, 0.4) is 0 Å². The molecular formula is C29H28N2O6. The highest BCUT2D eigenvalue weighted by Gasteiger charge is 2.46. The fourth-order valence-corrected chi connectivity index (χ4v) is 4.22. The number of amides is 1. The van der Waals surface area contributed by atoms with E-state index < -0.39 is 23.7 Å². The maximum atomic E-state index is 13.3. The third kappa shape index (κ3) is 5.53. The van der Waals surface area contributed by atoms with Crippen LogP contribution in [0.25, 0.3) is 5.76 Å². The molecule has 1 unspecified atom stereocenters. The Balaban J connectivity index is 1.79. The number of carbonyl (C=O) groups excluding carboxylic acids is 3. The fraction of sp³-hybridized carbons (Fsp3) is 0.241. The number of likely N-dealkylation sites (tertiary alicyclic amines) is 1. The number of Topliss-reactive ketones (excluding diaryl/α,β-unsaturated/α-hetero) is 1. The van der Waals surface area contributed by atoms with Crippen LogP contribution < -0.4 is 4.74 Å². The summed E-state index contributed by atoms with van der Waals surface area (Å²) in [5.41, 5.74) is 2.01. The van der Waals surface area contributed by atoms with E-state index in [1.807, 2.05) is 0 Å². The summed E-state index contributed by atoms with van der Waals surface area (Å²) >= 11 is 0. The first-order valence-corrected chi connectivity index (χ1v) is 12.0. The van der Waals surface area contributed by atoms with Gasteiger partial charge in [-0.3, -0.25) is 14.6 Å². The highest BCUT2D eigenvalue weighted by molar-refractivity contribution is 6.46. The zero-order chi connectivity index (χ0) is 26.4. The molecular weight excluding hydrogens is 472 g/mol. The molecule has 8 heteroatoms. The quantitative estimate of drug-likeness (QED) is 0.150. The molecule has 190 valence electrons. The van der Waals surface area contributed by atoms with Gasteiger partial charge in [0.15, 0.2) is 0 Å². The molecule has 2 heterocycles. The molecule has 1 amide bonds. The van der Waals surface area contributed by atoms with Gasteiger partial charge in [0.1, 0.15) is 11.5 Å². The molecule has 1 N–H and O–H groups in total. The lowest BCUT2D eigenvalue weighted by molar-refractivity contribution is -0.140. The molecule has 8 nitrogen and oxygen atoms in total. The largest absolute Gasteiger partial charge is 0.507 e. The van der Waals surface area contributed by atoms with E-state index in [2.05, 4.69) is 11.9 Å². The van der Waals surface area contributed by atoms with Crippen molar-refractivity contribution in [2.45, 2.75) is 32.4 Å². The second-order valence-corrected chi connectivity index (χ2v) is 8.63. The SMILES string of the molecule is CCCCOc1cccc(C(O)=C2C(=O)C(=O)N(Cc3ccncc3)C2c2ccc(C(=O)OC)cc2)c1. The Hall–Kier alpha value is -4.46. The van der Waals surface area contributed by atoms with Gasteiger partial charge >= 0.3 is 5.97 Å². The van der Waals surface area contributed by atoms with Gasteiger partial charge in [-0.05, 0) is 53.9 Å². The van der Waals surface area contributed by atoms with Gasteiger partial charge < -0.3 is 19.5 Å². The number of unbranched alkanes of at least 4 members (excludes halogenated alkanes) is 1. The van der Waals surface area contributed by atoms with Gasteiger partial charge in [-0.15, -0.1) is 0 Å². The summed E-state index contributed by atoms with van der Waals surface area (Å²) in [6.45, 7) is 2.73. The number of esters is 1. The van der Waals surface area contributed by atoms with Crippen LogP contribution in [-0.2, 0) is 20.9 Å². The van der Waals surface area contributed by atoms with E-state index in [1.165, 1.54) is 12.0 Å². The summed E-state index contributed by atoms with van der Waals surface area (Å²) < 4.78 is 10.5. The molecule has 37 heavy (non-hydrogen) atoms. The third-order valence-electron chi connectivity index (χ3n) is 6.16. The van der Waals surface area contributed by atoms with E-state index in [0.717, 1.165) is 18.4 Å². The number of rotatable bonds is 9. The van der Waals surface area contributed by atoms with Crippen molar-refractivity contribution in [3.8, 4) is 5.75 Å². The number of ether oxygens (including phenoxy) is 2. The number of nitrogens with zero attached hydrogens (tertiary/aromatic N) is 2. The number of aliphatic hydroxyl groups excluding tert-OH is 1. The van der Waals surface area contributed by atoms with Crippen LogP contribution in [0.1, 0.15) is 52.9 Å². The lowest BCUT2D eigenvalue weighted by atomic mass is 9.94. The Bertz CT molecular complexity index is 1320. The molecule has 1 saturated heterocycles. The van der Waals surface area contributed by atoms with Crippen molar-refractivity contribution >= 4 is 23.4 Å². The normalized spacial score (nSPS) is 16.6. The van der Waals surface area contributed by atoms with E-state index in [0.29, 0.717) is 29.0 Å². The first kappa shape index (κ1) is 25.6. The van der Waals surface area contributed by atoms with E-state index in [-0.39, 0.29) is 17.9 Å². The van der Waals surface area contributed by atoms with Gasteiger partial charge in [0.2, 0.25) is 0 Å². The van der Waals surface area contributed by atoms with Crippen molar-refractivity contribution in [2.24, 2.45) is 0 Å².